The first-order valence-electron chi connectivity index (χ1n) is 8.21. The summed E-state index contributed by atoms with van der Waals surface area (Å²) < 4.78 is 13.7. The quantitative estimate of drug-likeness (QED) is 0.917. The van der Waals surface area contributed by atoms with Crippen molar-refractivity contribution in [1.29, 1.82) is 0 Å². The molecule has 1 aliphatic heterocycles. The van der Waals surface area contributed by atoms with Gasteiger partial charge in [-0.2, -0.15) is 0 Å². The maximum Gasteiger partial charge on any atom is 0.223 e. The van der Waals surface area contributed by atoms with Crippen molar-refractivity contribution in [3.05, 3.63) is 53.7 Å². The molecular weight excluding hydrogens is 307 g/mol. The van der Waals surface area contributed by atoms with Crippen LogP contribution in [0.2, 0.25) is 0 Å². The monoisotopic (exact) mass is 328 g/mol. The van der Waals surface area contributed by atoms with Gasteiger partial charge in [-0.15, -0.1) is 0 Å². The number of aromatic nitrogens is 2. The lowest BCUT2D eigenvalue weighted by molar-refractivity contribution is -0.132. The van der Waals surface area contributed by atoms with E-state index in [1.165, 1.54) is 6.07 Å². The Bertz CT molecular complexity index is 722. The molecule has 0 bridgehead atoms. The second kappa shape index (κ2) is 7.38. The van der Waals surface area contributed by atoms with E-state index in [2.05, 4.69) is 15.3 Å². The number of hydrogen-bond acceptors (Lipinski definition) is 4. The van der Waals surface area contributed by atoms with E-state index >= 15 is 0 Å². The van der Waals surface area contributed by atoms with Crippen molar-refractivity contribution in [2.45, 2.75) is 31.7 Å². The zero-order chi connectivity index (χ0) is 16.9. The number of nitrogens with zero attached hydrogens (tertiary/aromatic N) is 3. The Morgan fingerprint density at radius 1 is 1.38 bits per heavy atom. The number of halogens is 1. The molecule has 1 atom stereocenters. The number of hydrogen-bond donors (Lipinski definition) is 1. The summed E-state index contributed by atoms with van der Waals surface area (Å²) in [5.74, 6) is 0.478. The maximum absolute atomic E-state index is 13.7. The van der Waals surface area contributed by atoms with Crippen molar-refractivity contribution < 1.29 is 9.18 Å². The third kappa shape index (κ3) is 3.53. The highest BCUT2D eigenvalue weighted by Gasteiger charge is 2.31. The summed E-state index contributed by atoms with van der Waals surface area (Å²) in [4.78, 5) is 23.2. The van der Waals surface area contributed by atoms with Crippen molar-refractivity contribution in [3.63, 3.8) is 0 Å². The molecule has 1 aliphatic rings. The largest absolute Gasteiger partial charge is 0.372 e. The highest BCUT2D eigenvalue weighted by Crippen LogP contribution is 2.31. The topological polar surface area (TPSA) is 58.1 Å². The number of anilines is 1. The molecule has 3 rings (SSSR count). The first-order chi connectivity index (χ1) is 11.7. The van der Waals surface area contributed by atoms with Crippen molar-refractivity contribution in [2.75, 3.05) is 18.9 Å². The molecule has 1 aromatic carbocycles. The van der Waals surface area contributed by atoms with Gasteiger partial charge in [0.15, 0.2) is 0 Å². The van der Waals surface area contributed by atoms with Gasteiger partial charge in [-0.05, 0) is 30.9 Å². The molecule has 24 heavy (non-hydrogen) atoms. The van der Waals surface area contributed by atoms with Gasteiger partial charge < -0.3 is 10.2 Å². The number of carbonyl (C=O) groups is 1. The molecule has 126 valence electrons. The molecule has 1 N–H and O–H groups in total. The van der Waals surface area contributed by atoms with Crippen LogP contribution in [0, 0.1) is 5.82 Å². The number of rotatable bonds is 5. The number of likely N-dealkylation sites (tertiary alicyclic amines) is 1. The molecule has 1 amide bonds. The van der Waals surface area contributed by atoms with Crippen LogP contribution in [0.4, 0.5) is 10.2 Å². The first kappa shape index (κ1) is 16.4. The minimum Gasteiger partial charge on any atom is -0.372 e. The molecule has 2 heterocycles. The standard InChI is InChI=1S/C18H21FN4O/c1-20-17-12-21-11-15(22-17)16-7-4-10-23(16)18(24)9-8-13-5-2-3-6-14(13)19/h2-3,5-6,11-12,16H,4,7-10H2,1H3,(H,20,22)/t16-/m1/s1. The number of carbonyl (C=O) groups excluding carboxylic acids is 1. The van der Waals surface area contributed by atoms with Crippen LogP contribution in [0.1, 0.15) is 36.6 Å². The maximum atomic E-state index is 13.7. The third-order valence-corrected chi connectivity index (χ3v) is 4.39. The molecule has 0 radical (unpaired) electrons. The Hall–Kier alpha value is -2.50. The summed E-state index contributed by atoms with van der Waals surface area (Å²) >= 11 is 0. The molecule has 5 nitrogen and oxygen atoms in total. The highest BCUT2D eigenvalue weighted by molar-refractivity contribution is 5.77. The van der Waals surface area contributed by atoms with Crippen molar-refractivity contribution >= 4 is 11.7 Å². The van der Waals surface area contributed by atoms with E-state index in [1.54, 1.807) is 37.6 Å². The fourth-order valence-corrected chi connectivity index (χ4v) is 3.12. The summed E-state index contributed by atoms with van der Waals surface area (Å²) in [6, 6.07) is 6.56. The van der Waals surface area contributed by atoms with Crippen LogP contribution in [0.25, 0.3) is 0 Å². The van der Waals surface area contributed by atoms with Gasteiger partial charge in [0.25, 0.3) is 0 Å². The lowest BCUT2D eigenvalue weighted by Gasteiger charge is -2.24. The van der Waals surface area contributed by atoms with E-state index in [1.807, 2.05) is 4.90 Å². The van der Waals surface area contributed by atoms with Gasteiger partial charge in [0.05, 0.1) is 24.1 Å². The zero-order valence-corrected chi connectivity index (χ0v) is 13.7. The molecule has 0 saturated carbocycles. The highest BCUT2D eigenvalue weighted by atomic mass is 19.1. The normalized spacial score (nSPS) is 17.1. The Kier molecular flexibility index (Phi) is 5.03. The molecule has 0 spiro atoms. The number of nitrogens with one attached hydrogen (secondary N) is 1. The van der Waals surface area contributed by atoms with Crippen LogP contribution in [-0.4, -0.2) is 34.4 Å². The van der Waals surface area contributed by atoms with Crippen molar-refractivity contribution in [1.82, 2.24) is 14.9 Å². The second-order valence-corrected chi connectivity index (χ2v) is 5.92. The Labute approximate surface area is 140 Å². The van der Waals surface area contributed by atoms with Gasteiger partial charge in [0.2, 0.25) is 5.91 Å². The Morgan fingerprint density at radius 3 is 3.00 bits per heavy atom. The molecule has 1 fully saturated rings. The molecule has 1 saturated heterocycles. The average molecular weight is 328 g/mol. The van der Waals surface area contributed by atoms with E-state index in [-0.39, 0.29) is 17.8 Å². The zero-order valence-electron chi connectivity index (χ0n) is 13.7. The summed E-state index contributed by atoms with van der Waals surface area (Å²) in [5, 5.41) is 2.97. The van der Waals surface area contributed by atoms with Crippen LogP contribution >= 0.6 is 0 Å². The average Bonchev–Trinajstić information content (AvgIpc) is 3.11. The number of aryl methyl sites for hydroxylation is 1. The minimum absolute atomic E-state index is 0.0393. The molecule has 0 aliphatic carbocycles. The van der Waals surface area contributed by atoms with E-state index < -0.39 is 0 Å². The van der Waals surface area contributed by atoms with E-state index in [4.69, 9.17) is 0 Å². The molecule has 1 aromatic heterocycles. The molecule has 2 aromatic rings. The summed E-state index contributed by atoms with van der Waals surface area (Å²) in [6.07, 6.45) is 5.92. The fourth-order valence-electron chi connectivity index (χ4n) is 3.12. The van der Waals surface area contributed by atoms with Gasteiger partial charge in [0, 0.05) is 20.0 Å². The third-order valence-electron chi connectivity index (χ3n) is 4.39. The van der Waals surface area contributed by atoms with Gasteiger partial charge >= 0.3 is 0 Å². The summed E-state index contributed by atoms with van der Waals surface area (Å²) in [7, 11) is 1.79. The van der Waals surface area contributed by atoms with E-state index in [9.17, 15) is 9.18 Å². The van der Waals surface area contributed by atoms with Gasteiger partial charge in [-0.25, -0.2) is 9.37 Å². The van der Waals surface area contributed by atoms with Crippen LogP contribution in [-0.2, 0) is 11.2 Å². The van der Waals surface area contributed by atoms with Crippen molar-refractivity contribution in [3.8, 4) is 0 Å². The second-order valence-electron chi connectivity index (χ2n) is 5.92. The lowest BCUT2D eigenvalue weighted by Crippen LogP contribution is -2.31. The Balaban J connectivity index is 1.68. The fraction of sp³-hybridized carbons (Fsp3) is 0.389. The SMILES string of the molecule is CNc1cncc([C@H]2CCCN2C(=O)CCc2ccccc2F)n1. The van der Waals surface area contributed by atoms with E-state index in [0.29, 0.717) is 30.8 Å². The van der Waals surface area contributed by atoms with Crippen LogP contribution < -0.4 is 5.32 Å². The van der Waals surface area contributed by atoms with Crippen LogP contribution in [0.15, 0.2) is 36.7 Å². The van der Waals surface area contributed by atoms with E-state index in [0.717, 1.165) is 18.5 Å². The molecule has 6 heteroatoms. The molecule has 0 unspecified atom stereocenters. The number of benzene rings is 1. The Morgan fingerprint density at radius 2 is 2.21 bits per heavy atom. The smallest absolute Gasteiger partial charge is 0.223 e. The number of amides is 1. The van der Waals surface area contributed by atoms with Crippen LogP contribution in [0.3, 0.4) is 0 Å². The van der Waals surface area contributed by atoms with Crippen molar-refractivity contribution in [2.24, 2.45) is 0 Å². The molecular formula is C18H21FN4O. The van der Waals surface area contributed by atoms with Crippen LogP contribution in [0.5, 0.6) is 0 Å². The van der Waals surface area contributed by atoms with Gasteiger partial charge in [-0.1, -0.05) is 18.2 Å². The summed E-state index contributed by atoms with van der Waals surface area (Å²) in [6.45, 7) is 0.715. The first-order valence-corrected chi connectivity index (χ1v) is 8.21. The minimum atomic E-state index is -0.254. The van der Waals surface area contributed by atoms with Gasteiger partial charge in [0.1, 0.15) is 11.6 Å². The summed E-state index contributed by atoms with van der Waals surface area (Å²) in [5.41, 5.74) is 1.39. The predicted octanol–water partition coefficient (Wildman–Crippen LogP) is 2.95. The predicted molar refractivity (Wildman–Crippen MR) is 90.0 cm³/mol. The van der Waals surface area contributed by atoms with Gasteiger partial charge in [-0.3, -0.25) is 9.78 Å². The lowest BCUT2D eigenvalue weighted by atomic mass is 10.1.